The van der Waals surface area contributed by atoms with E-state index in [0.717, 1.165) is 0 Å². The second-order valence-electron chi connectivity index (χ2n) is 6.17. The van der Waals surface area contributed by atoms with E-state index < -0.39 is 10.0 Å². The minimum Gasteiger partial charge on any atom is -0.493 e. The molecule has 0 spiro atoms. The van der Waals surface area contributed by atoms with Gasteiger partial charge in [-0.3, -0.25) is 4.79 Å². The molecular formula is C20H24N2O5S. The average Bonchev–Trinajstić information content (AvgIpc) is 2.69. The van der Waals surface area contributed by atoms with Crippen LogP contribution in [0.25, 0.3) is 0 Å². The van der Waals surface area contributed by atoms with E-state index in [1.807, 2.05) is 0 Å². The fraction of sp³-hybridized carbons (Fsp3) is 0.250. The Labute approximate surface area is 165 Å². The van der Waals surface area contributed by atoms with Crippen molar-refractivity contribution in [2.45, 2.75) is 17.9 Å². The number of primary sulfonamides is 1. The number of hydrogen-bond acceptors (Lipinski definition) is 5. The first kappa shape index (κ1) is 21.5. The van der Waals surface area contributed by atoms with Gasteiger partial charge in [0.15, 0.2) is 11.5 Å². The van der Waals surface area contributed by atoms with Crippen LogP contribution >= 0.6 is 0 Å². The molecule has 150 valence electrons. The van der Waals surface area contributed by atoms with E-state index in [1.165, 1.54) is 24.1 Å². The third kappa shape index (κ3) is 4.90. The first-order chi connectivity index (χ1) is 13.2. The quantitative estimate of drug-likeness (QED) is 0.682. The van der Waals surface area contributed by atoms with Crippen molar-refractivity contribution in [3.63, 3.8) is 0 Å². The molecule has 0 aliphatic rings. The third-order valence-electron chi connectivity index (χ3n) is 4.34. The van der Waals surface area contributed by atoms with Gasteiger partial charge < -0.3 is 14.4 Å². The predicted molar refractivity (Wildman–Crippen MR) is 107 cm³/mol. The second-order valence-corrected chi connectivity index (χ2v) is 7.74. The van der Waals surface area contributed by atoms with E-state index in [1.54, 1.807) is 50.4 Å². The molecule has 8 heteroatoms. The maximum absolute atomic E-state index is 12.9. The third-order valence-corrected chi connectivity index (χ3v) is 5.25. The zero-order chi connectivity index (χ0) is 20.9. The summed E-state index contributed by atoms with van der Waals surface area (Å²) >= 11 is 0. The summed E-state index contributed by atoms with van der Waals surface area (Å²) in [5.41, 5.74) is 1.07. The largest absolute Gasteiger partial charge is 0.493 e. The smallest absolute Gasteiger partial charge is 0.254 e. The first-order valence-corrected chi connectivity index (χ1v) is 10.0. The van der Waals surface area contributed by atoms with Gasteiger partial charge in [0.25, 0.3) is 5.91 Å². The molecule has 0 fully saturated rings. The Bertz CT molecular complexity index is 972. The van der Waals surface area contributed by atoms with E-state index in [4.69, 9.17) is 14.6 Å². The monoisotopic (exact) mass is 404 g/mol. The highest BCUT2D eigenvalue weighted by atomic mass is 32.2. The summed E-state index contributed by atoms with van der Waals surface area (Å²) in [6.45, 7) is 5.72. The van der Waals surface area contributed by atoms with Crippen LogP contribution in [0.15, 0.2) is 60.0 Å². The van der Waals surface area contributed by atoms with E-state index in [0.29, 0.717) is 29.2 Å². The van der Waals surface area contributed by atoms with E-state index in [-0.39, 0.29) is 16.8 Å². The molecule has 0 heterocycles. The number of methoxy groups -OCH3 is 1. The summed E-state index contributed by atoms with van der Waals surface area (Å²) < 4.78 is 33.9. The van der Waals surface area contributed by atoms with Crippen molar-refractivity contribution in [1.29, 1.82) is 0 Å². The Kier molecular flexibility index (Phi) is 6.82. The average molecular weight is 404 g/mol. The van der Waals surface area contributed by atoms with Crippen LogP contribution in [0.1, 0.15) is 28.9 Å². The zero-order valence-corrected chi connectivity index (χ0v) is 16.9. The Balaban J connectivity index is 2.27. The van der Waals surface area contributed by atoms with Gasteiger partial charge in [-0.25, -0.2) is 13.6 Å². The van der Waals surface area contributed by atoms with Crippen LogP contribution < -0.4 is 14.6 Å². The topological polar surface area (TPSA) is 98.9 Å². The summed E-state index contributed by atoms with van der Waals surface area (Å²) in [4.78, 5) is 14.4. The zero-order valence-electron chi connectivity index (χ0n) is 16.1. The molecule has 28 heavy (non-hydrogen) atoms. The lowest BCUT2D eigenvalue weighted by Crippen LogP contribution is -2.29. The highest BCUT2D eigenvalue weighted by Crippen LogP contribution is 2.30. The van der Waals surface area contributed by atoms with Gasteiger partial charge in [0.1, 0.15) is 6.61 Å². The molecule has 0 bridgehead atoms. The van der Waals surface area contributed by atoms with Crippen molar-refractivity contribution in [2.24, 2.45) is 5.14 Å². The lowest BCUT2D eigenvalue weighted by atomic mass is 10.1. The summed E-state index contributed by atoms with van der Waals surface area (Å²) in [6, 6.07) is 10.8. The second kappa shape index (κ2) is 8.90. The summed E-state index contributed by atoms with van der Waals surface area (Å²) in [7, 11) is -0.680. The van der Waals surface area contributed by atoms with Gasteiger partial charge in [-0.05, 0) is 42.8 Å². The molecule has 0 aromatic heterocycles. The van der Waals surface area contributed by atoms with Crippen molar-refractivity contribution in [3.8, 4) is 11.5 Å². The number of carbonyl (C=O) groups is 1. The van der Waals surface area contributed by atoms with Crippen LogP contribution in [0.5, 0.6) is 11.5 Å². The molecule has 7 nitrogen and oxygen atoms in total. The SMILES string of the molecule is C=CCOc1ccc(C(=O)N(C)C(C)c2cccc(S(N)(=O)=O)c2)cc1OC. The van der Waals surface area contributed by atoms with Gasteiger partial charge in [-0.15, -0.1) is 0 Å². The number of nitrogens with two attached hydrogens (primary N) is 1. The van der Waals surface area contributed by atoms with Crippen molar-refractivity contribution in [3.05, 3.63) is 66.2 Å². The normalized spacial score (nSPS) is 12.1. The number of carbonyl (C=O) groups excluding carboxylic acids is 1. The van der Waals surface area contributed by atoms with Crippen molar-refractivity contribution < 1.29 is 22.7 Å². The standard InChI is InChI=1S/C20H24N2O5S/c1-5-11-27-18-10-9-16(13-19(18)26-4)20(23)22(3)14(2)15-7-6-8-17(12-15)28(21,24)25/h5-10,12-14H,1,11H2,2-4H3,(H2,21,24,25). The molecule has 0 radical (unpaired) electrons. The summed E-state index contributed by atoms with van der Waals surface area (Å²) in [6.07, 6.45) is 1.61. The highest BCUT2D eigenvalue weighted by molar-refractivity contribution is 7.89. The van der Waals surface area contributed by atoms with E-state index >= 15 is 0 Å². The van der Waals surface area contributed by atoms with Crippen molar-refractivity contribution in [2.75, 3.05) is 20.8 Å². The Morgan fingerprint density at radius 2 is 1.96 bits per heavy atom. The van der Waals surface area contributed by atoms with Gasteiger partial charge in [0.2, 0.25) is 10.0 Å². The molecule has 2 aromatic rings. The Hall–Kier alpha value is -2.84. The Morgan fingerprint density at radius 3 is 2.57 bits per heavy atom. The number of ether oxygens (including phenoxy) is 2. The van der Waals surface area contributed by atoms with Crippen LogP contribution in [0, 0.1) is 0 Å². The molecule has 2 N–H and O–H groups in total. The van der Waals surface area contributed by atoms with Gasteiger partial charge in [0.05, 0.1) is 18.0 Å². The number of hydrogen-bond donors (Lipinski definition) is 1. The van der Waals surface area contributed by atoms with Crippen molar-refractivity contribution in [1.82, 2.24) is 4.90 Å². The molecule has 0 saturated carbocycles. The number of nitrogens with zero attached hydrogens (tertiary/aromatic N) is 1. The fourth-order valence-electron chi connectivity index (χ4n) is 2.62. The molecule has 0 aliphatic carbocycles. The predicted octanol–water partition coefficient (Wildman–Crippen LogP) is 2.74. The van der Waals surface area contributed by atoms with Gasteiger partial charge >= 0.3 is 0 Å². The van der Waals surface area contributed by atoms with E-state index in [2.05, 4.69) is 6.58 Å². The molecule has 1 amide bonds. The molecular weight excluding hydrogens is 380 g/mol. The molecule has 1 atom stereocenters. The van der Waals surface area contributed by atoms with Crippen LogP contribution in [0.3, 0.4) is 0 Å². The highest BCUT2D eigenvalue weighted by Gasteiger charge is 2.21. The molecule has 2 aromatic carbocycles. The number of sulfonamides is 1. The van der Waals surface area contributed by atoms with Crippen LogP contribution in [-0.2, 0) is 10.0 Å². The minimum atomic E-state index is -3.82. The summed E-state index contributed by atoms with van der Waals surface area (Å²) in [5.74, 6) is 0.697. The molecule has 1 unspecified atom stereocenters. The minimum absolute atomic E-state index is 0.00286. The molecule has 0 aliphatic heterocycles. The lowest BCUT2D eigenvalue weighted by molar-refractivity contribution is 0.0742. The maximum atomic E-state index is 12.9. The fourth-order valence-corrected chi connectivity index (χ4v) is 3.19. The Morgan fingerprint density at radius 1 is 1.25 bits per heavy atom. The van der Waals surface area contributed by atoms with Crippen molar-refractivity contribution >= 4 is 15.9 Å². The number of rotatable bonds is 8. The molecule has 2 rings (SSSR count). The van der Waals surface area contributed by atoms with Gasteiger partial charge in [-0.1, -0.05) is 24.8 Å². The van der Waals surface area contributed by atoms with E-state index in [9.17, 15) is 13.2 Å². The van der Waals surface area contributed by atoms with Crippen LogP contribution in [0.2, 0.25) is 0 Å². The van der Waals surface area contributed by atoms with Gasteiger partial charge in [-0.2, -0.15) is 0 Å². The van der Waals surface area contributed by atoms with Gasteiger partial charge in [0, 0.05) is 12.6 Å². The number of amides is 1. The van der Waals surface area contributed by atoms with Crippen LogP contribution in [0.4, 0.5) is 0 Å². The molecule has 0 saturated heterocycles. The number of benzene rings is 2. The van der Waals surface area contributed by atoms with Crippen LogP contribution in [-0.4, -0.2) is 40.0 Å². The maximum Gasteiger partial charge on any atom is 0.254 e. The lowest BCUT2D eigenvalue weighted by Gasteiger charge is -2.26. The summed E-state index contributed by atoms with van der Waals surface area (Å²) in [5, 5.41) is 5.19. The first-order valence-electron chi connectivity index (χ1n) is 8.50.